The molecular weight excluding hydrogens is 350 g/mol. The van der Waals surface area contributed by atoms with E-state index in [-0.39, 0.29) is 23.2 Å². The molecule has 0 radical (unpaired) electrons. The minimum Gasteiger partial charge on any atom is -0.710 e. The van der Waals surface area contributed by atoms with Crippen LogP contribution in [0.15, 0.2) is 36.7 Å². The van der Waals surface area contributed by atoms with Crippen LogP contribution in [0.4, 0.5) is 0 Å². The molecule has 0 aliphatic heterocycles. The lowest BCUT2D eigenvalue weighted by Gasteiger charge is -2.54. The highest BCUT2D eigenvalue weighted by atomic mass is 16.5. The Morgan fingerprint density at radius 1 is 1.14 bits per heavy atom. The van der Waals surface area contributed by atoms with Gasteiger partial charge in [-0.2, -0.15) is 0 Å². The number of nitrogens with one attached hydrogen (secondary N) is 1. The molecule has 0 unspecified atom stereocenters. The number of hydrogen-bond donors (Lipinski definition) is 1. The van der Waals surface area contributed by atoms with Crippen LogP contribution in [0.2, 0.25) is 0 Å². The van der Waals surface area contributed by atoms with E-state index in [2.05, 4.69) is 9.88 Å². The zero-order valence-corrected chi connectivity index (χ0v) is 16.7. The normalized spacial score (nSPS) is 31.7. The van der Waals surface area contributed by atoms with Crippen LogP contribution in [-0.4, -0.2) is 10.5 Å². The molecule has 4 aliphatic carbocycles. The molecule has 1 atom stereocenters. The Hall–Kier alpha value is -2.30. The van der Waals surface area contributed by atoms with Crippen LogP contribution in [0.25, 0.3) is 0 Å². The number of imidazole rings is 1. The van der Waals surface area contributed by atoms with Gasteiger partial charge in [-0.1, -0.05) is 30.3 Å². The van der Waals surface area contributed by atoms with Gasteiger partial charge in [0.25, 0.3) is 5.91 Å². The second-order valence-electron chi connectivity index (χ2n) is 9.49. The monoisotopic (exact) mass is 379 g/mol. The summed E-state index contributed by atoms with van der Waals surface area (Å²) in [5, 5.41) is 15.8. The van der Waals surface area contributed by atoms with E-state index in [9.17, 15) is 10.0 Å². The summed E-state index contributed by atoms with van der Waals surface area (Å²) in [4.78, 5) is 13.0. The molecule has 4 fully saturated rings. The van der Waals surface area contributed by atoms with Gasteiger partial charge in [0.15, 0.2) is 5.69 Å². The summed E-state index contributed by atoms with van der Waals surface area (Å²) < 4.78 is 2.97. The highest BCUT2D eigenvalue weighted by Gasteiger charge is 2.55. The summed E-state index contributed by atoms with van der Waals surface area (Å²) in [5.41, 5.74) is 2.15. The predicted molar refractivity (Wildman–Crippen MR) is 107 cm³/mol. The van der Waals surface area contributed by atoms with Gasteiger partial charge in [-0.3, -0.25) is 4.79 Å². The minimum atomic E-state index is -0.285. The Bertz CT molecular complexity index is 867. The van der Waals surface area contributed by atoms with Crippen LogP contribution >= 0.6 is 0 Å². The van der Waals surface area contributed by atoms with Gasteiger partial charge in [0.2, 0.25) is 12.0 Å². The highest BCUT2D eigenvalue weighted by molar-refractivity contribution is 5.92. The Balaban J connectivity index is 1.43. The number of carbonyl (C=O) groups is 1. The maximum atomic E-state index is 13.0. The third-order valence-electron chi connectivity index (χ3n) is 7.52. The van der Waals surface area contributed by atoms with E-state index in [1.165, 1.54) is 19.3 Å². The summed E-state index contributed by atoms with van der Waals surface area (Å²) in [6, 6.07) is 9.71. The zero-order valence-electron chi connectivity index (χ0n) is 16.7. The molecule has 28 heavy (non-hydrogen) atoms. The fourth-order valence-corrected chi connectivity index (χ4v) is 6.72. The molecule has 1 aromatic carbocycles. The van der Waals surface area contributed by atoms with Crippen molar-refractivity contribution in [2.75, 3.05) is 0 Å². The van der Waals surface area contributed by atoms with Gasteiger partial charge < -0.3 is 10.5 Å². The Morgan fingerprint density at radius 2 is 1.71 bits per heavy atom. The van der Waals surface area contributed by atoms with E-state index >= 15 is 0 Å². The van der Waals surface area contributed by atoms with Gasteiger partial charge >= 0.3 is 0 Å². The van der Waals surface area contributed by atoms with E-state index in [1.807, 2.05) is 44.2 Å². The van der Waals surface area contributed by atoms with E-state index in [0.29, 0.717) is 0 Å². The van der Waals surface area contributed by atoms with Crippen molar-refractivity contribution in [2.24, 2.45) is 17.8 Å². The predicted octanol–water partition coefficient (Wildman–Crippen LogP) is 3.85. The Kier molecular flexibility index (Phi) is 4.04. The first-order chi connectivity index (χ1) is 13.4. The third-order valence-corrected chi connectivity index (χ3v) is 7.52. The molecule has 1 heterocycles. The molecule has 4 bridgehead atoms. The molecule has 0 spiro atoms. The maximum absolute atomic E-state index is 13.0. The van der Waals surface area contributed by atoms with Gasteiger partial charge in [-0.15, -0.1) is 0 Å². The summed E-state index contributed by atoms with van der Waals surface area (Å²) >= 11 is 0. The number of hydrogen-bond acceptors (Lipinski definition) is 2. The molecule has 1 N–H and O–H groups in total. The van der Waals surface area contributed by atoms with E-state index < -0.39 is 0 Å². The van der Waals surface area contributed by atoms with Crippen molar-refractivity contribution in [3.8, 4) is 0 Å². The average Bonchev–Trinajstić information content (AvgIpc) is 2.96. The topological polar surface area (TPSA) is 61.0 Å². The van der Waals surface area contributed by atoms with Crippen LogP contribution in [0.5, 0.6) is 0 Å². The molecule has 5 heteroatoms. The number of rotatable bonds is 4. The van der Waals surface area contributed by atoms with Crippen molar-refractivity contribution in [3.63, 3.8) is 0 Å². The van der Waals surface area contributed by atoms with Crippen molar-refractivity contribution in [1.29, 1.82) is 0 Å². The Morgan fingerprint density at radius 3 is 2.29 bits per heavy atom. The second kappa shape index (κ2) is 6.36. The summed E-state index contributed by atoms with van der Waals surface area (Å²) in [5.74, 6) is 2.10. The first-order valence-electron chi connectivity index (χ1n) is 10.6. The fourth-order valence-electron chi connectivity index (χ4n) is 6.72. The van der Waals surface area contributed by atoms with Crippen LogP contribution in [0.3, 0.4) is 0 Å². The number of carbonyl (C=O) groups excluding carboxylic acids is 1. The molecule has 0 saturated heterocycles. The summed E-state index contributed by atoms with van der Waals surface area (Å²) in [7, 11) is 0. The number of aromatic nitrogens is 2. The quantitative estimate of drug-likeness (QED) is 0.648. The first-order valence-corrected chi connectivity index (χ1v) is 10.6. The molecule has 6 rings (SSSR count). The summed E-state index contributed by atoms with van der Waals surface area (Å²) in [6.45, 7) is 3.89. The average molecular weight is 380 g/mol. The molecule has 5 nitrogen and oxygen atoms in total. The van der Waals surface area contributed by atoms with Gasteiger partial charge in [-0.05, 0) is 68.8 Å². The van der Waals surface area contributed by atoms with Gasteiger partial charge in [-0.25, -0.2) is 9.30 Å². The fraction of sp³-hybridized carbons (Fsp3) is 0.565. The van der Waals surface area contributed by atoms with Gasteiger partial charge in [0.05, 0.1) is 6.04 Å². The first kappa shape index (κ1) is 17.8. The number of amides is 1. The molecule has 4 aliphatic rings. The lowest BCUT2D eigenvalue weighted by Crippen LogP contribution is -2.52. The zero-order chi connectivity index (χ0) is 19.5. The molecule has 148 valence electrons. The number of nitrogens with zero attached hydrogens (tertiary/aromatic N) is 2. The maximum Gasteiger partial charge on any atom is 0.296 e. The van der Waals surface area contributed by atoms with Crippen molar-refractivity contribution in [2.45, 2.75) is 64.0 Å². The van der Waals surface area contributed by atoms with E-state index in [0.717, 1.165) is 53.0 Å². The SMILES string of the molecule is Cc1c(C(=O)N[C@@H](C)c2ccccc2)[n+]([O-])cn1C12CC3CC(CC(C3)C1)C2. The van der Waals surface area contributed by atoms with Crippen molar-refractivity contribution >= 4 is 5.91 Å². The van der Waals surface area contributed by atoms with Gasteiger partial charge in [0, 0.05) is 6.92 Å². The van der Waals surface area contributed by atoms with Crippen molar-refractivity contribution in [1.82, 2.24) is 9.88 Å². The van der Waals surface area contributed by atoms with E-state index in [4.69, 9.17) is 0 Å². The van der Waals surface area contributed by atoms with Gasteiger partial charge in [0.1, 0.15) is 5.54 Å². The van der Waals surface area contributed by atoms with E-state index in [1.54, 1.807) is 6.33 Å². The molecule has 1 amide bonds. The smallest absolute Gasteiger partial charge is 0.296 e. The largest absolute Gasteiger partial charge is 0.710 e. The van der Waals surface area contributed by atoms with Crippen molar-refractivity contribution < 1.29 is 9.52 Å². The molecule has 1 aromatic heterocycles. The van der Waals surface area contributed by atoms with Crippen LogP contribution in [-0.2, 0) is 5.54 Å². The lowest BCUT2D eigenvalue weighted by molar-refractivity contribution is -0.607. The van der Waals surface area contributed by atoms with Crippen molar-refractivity contribution in [3.05, 3.63) is 58.8 Å². The highest BCUT2D eigenvalue weighted by Crippen LogP contribution is 2.59. The lowest BCUT2D eigenvalue weighted by atomic mass is 9.53. The summed E-state index contributed by atoms with van der Waals surface area (Å²) in [6.07, 6.45) is 9.21. The van der Waals surface area contributed by atoms with Crippen LogP contribution in [0.1, 0.15) is 73.2 Å². The standard InChI is InChI=1S/C23H29N3O2/c1-15(20-6-4-3-5-7-20)24-22(27)21-16(2)25(14-26(21)28)23-11-17-8-18(12-23)10-19(9-17)13-23/h3-7,14-15,17-19H,8-13H2,1-2H3,(H,24,27)/t15-,17?,18?,19?,23?/m0/s1. The van der Waals surface area contributed by atoms with Crippen LogP contribution in [0, 0.1) is 29.9 Å². The molecular formula is C23H29N3O2. The minimum absolute atomic E-state index is 0.0502. The number of benzene rings is 1. The van der Waals surface area contributed by atoms with Crippen LogP contribution < -0.4 is 10.0 Å². The molecule has 4 saturated carbocycles. The third kappa shape index (κ3) is 2.75. The Labute approximate surface area is 166 Å². The molecule has 2 aromatic rings. The second-order valence-corrected chi connectivity index (χ2v) is 9.49.